The average Bonchev–Trinajstić information content (AvgIpc) is 2.36. The number of rotatable bonds is 6. The van der Waals surface area contributed by atoms with Gasteiger partial charge in [-0.1, -0.05) is 13.8 Å². The summed E-state index contributed by atoms with van der Waals surface area (Å²) in [4.78, 5) is 26.4. The zero-order valence-corrected chi connectivity index (χ0v) is 11.2. The van der Waals surface area contributed by atoms with Gasteiger partial charge in [0.05, 0.1) is 0 Å². The number of hydrogen-bond acceptors (Lipinski definition) is 4. The maximum absolute atomic E-state index is 11.7. The van der Waals surface area contributed by atoms with E-state index in [9.17, 15) is 9.59 Å². The van der Waals surface area contributed by atoms with Gasteiger partial charge in [0.2, 0.25) is 0 Å². The number of pyridine rings is 1. The SMILES string of the molecule is CC(C)CNC(=O)C(C)Oc1cccnc1C(=O)O. The molecule has 2 N–H and O–H groups in total. The summed E-state index contributed by atoms with van der Waals surface area (Å²) in [7, 11) is 0. The van der Waals surface area contributed by atoms with Crippen LogP contribution < -0.4 is 10.1 Å². The van der Waals surface area contributed by atoms with Crippen molar-refractivity contribution < 1.29 is 19.4 Å². The van der Waals surface area contributed by atoms with Crippen LogP contribution in [0.3, 0.4) is 0 Å². The second kappa shape index (κ2) is 6.72. The van der Waals surface area contributed by atoms with E-state index in [0.717, 1.165) is 0 Å². The lowest BCUT2D eigenvalue weighted by Crippen LogP contribution is -2.38. The van der Waals surface area contributed by atoms with Crippen LogP contribution in [-0.4, -0.2) is 34.6 Å². The van der Waals surface area contributed by atoms with Gasteiger partial charge in [0.1, 0.15) is 0 Å². The predicted molar refractivity (Wildman–Crippen MR) is 69.1 cm³/mol. The molecule has 0 aromatic carbocycles. The first kappa shape index (κ1) is 14.9. The molecule has 19 heavy (non-hydrogen) atoms. The van der Waals surface area contributed by atoms with E-state index in [0.29, 0.717) is 12.5 Å². The lowest BCUT2D eigenvalue weighted by molar-refractivity contribution is -0.127. The molecule has 104 valence electrons. The second-order valence-corrected chi connectivity index (χ2v) is 4.55. The number of carboxylic acid groups (broad SMARTS) is 1. The van der Waals surface area contributed by atoms with E-state index < -0.39 is 12.1 Å². The molecule has 0 saturated heterocycles. The number of aromatic nitrogens is 1. The number of aromatic carboxylic acids is 1. The van der Waals surface area contributed by atoms with Crippen LogP contribution in [0.15, 0.2) is 18.3 Å². The van der Waals surface area contributed by atoms with Gasteiger partial charge in [0, 0.05) is 12.7 Å². The van der Waals surface area contributed by atoms with Gasteiger partial charge >= 0.3 is 5.97 Å². The highest BCUT2D eigenvalue weighted by Gasteiger charge is 2.19. The molecular formula is C13H18N2O4. The molecule has 1 aromatic rings. The molecule has 1 aromatic heterocycles. The molecule has 6 heteroatoms. The van der Waals surface area contributed by atoms with Crippen LogP contribution in [0.4, 0.5) is 0 Å². The zero-order chi connectivity index (χ0) is 14.4. The molecule has 1 heterocycles. The molecule has 0 bridgehead atoms. The van der Waals surface area contributed by atoms with Gasteiger partial charge < -0.3 is 15.2 Å². The minimum atomic E-state index is -1.19. The Kier molecular flexibility index (Phi) is 5.29. The maximum atomic E-state index is 11.7. The van der Waals surface area contributed by atoms with Gasteiger partial charge in [-0.25, -0.2) is 9.78 Å². The number of carbonyl (C=O) groups is 2. The number of nitrogens with one attached hydrogen (secondary N) is 1. The van der Waals surface area contributed by atoms with E-state index in [2.05, 4.69) is 10.3 Å². The van der Waals surface area contributed by atoms with Crippen LogP contribution >= 0.6 is 0 Å². The maximum Gasteiger partial charge on any atom is 0.358 e. The molecule has 0 saturated carbocycles. The fourth-order valence-corrected chi connectivity index (χ4v) is 1.34. The first-order chi connectivity index (χ1) is 8.91. The Morgan fingerprint density at radius 2 is 2.11 bits per heavy atom. The van der Waals surface area contributed by atoms with Crippen molar-refractivity contribution in [1.82, 2.24) is 10.3 Å². The Labute approximate surface area is 111 Å². The third kappa shape index (κ3) is 4.57. The fraction of sp³-hybridized carbons (Fsp3) is 0.462. The van der Waals surface area contributed by atoms with Crippen LogP contribution in [-0.2, 0) is 4.79 Å². The standard InChI is InChI=1S/C13H18N2O4/c1-8(2)7-15-12(16)9(3)19-10-5-4-6-14-11(10)13(17)18/h4-6,8-9H,7H2,1-3H3,(H,15,16)(H,17,18). The minimum Gasteiger partial charge on any atom is -0.478 e. The van der Waals surface area contributed by atoms with Crippen molar-refractivity contribution in [2.24, 2.45) is 5.92 Å². The second-order valence-electron chi connectivity index (χ2n) is 4.55. The molecular weight excluding hydrogens is 248 g/mol. The number of ether oxygens (including phenoxy) is 1. The van der Waals surface area contributed by atoms with Crippen molar-refractivity contribution in [1.29, 1.82) is 0 Å². The Balaban J connectivity index is 2.69. The summed E-state index contributed by atoms with van der Waals surface area (Å²) >= 11 is 0. The van der Waals surface area contributed by atoms with Crippen molar-refractivity contribution in [3.8, 4) is 5.75 Å². The summed E-state index contributed by atoms with van der Waals surface area (Å²) in [5.41, 5.74) is -0.203. The van der Waals surface area contributed by atoms with E-state index in [1.165, 1.54) is 12.3 Å². The summed E-state index contributed by atoms with van der Waals surface area (Å²) in [6.07, 6.45) is 0.584. The lowest BCUT2D eigenvalue weighted by atomic mass is 10.2. The van der Waals surface area contributed by atoms with E-state index in [4.69, 9.17) is 9.84 Å². The fourth-order valence-electron chi connectivity index (χ4n) is 1.34. The third-order valence-electron chi connectivity index (χ3n) is 2.33. The molecule has 0 spiro atoms. The molecule has 1 unspecified atom stereocenters. The highest BCUT2D eigenvalue weighted by atomic mass is 16.5. The number of carboxylic acids is 1. The molecule has 6 nitrogen and oxygen atoms in total. The molecule has 0 aliphatic heterocycles. The first-order valence-corrected chi connectivity index (χ1v) is 6.04. The zero-order valence-electron chi connectivity index (χ0n) is 11.2. The summed E-state index contributed by atoms with van der Waals surface area (Å²) in [5, 5.41) is 11.7. The Morgan fingerprint density at radius 3 is 2.68 bits per heavy atom. The molecule has 0 aliphatic rings. The van der Waals surface area contributed by atoms with Crippen molar-refractivity contribution in [2.45, 2.75) is 26.9 Å². The van der Waals surface area contributed by atoms with Crippen LogP contribution in [0, 0.1) is 5.92 Å². The van der Waals surface area contributed by atoms with E-state index in [-0.39, 0.29) is 17.4 Å². The topological polar surface area (TPSA) is 88.5 Å². The molecule has 0 aliphatic carbocycles. The van der Waals surface area contributed by atoms with Gasteiger partial charge in [0.25, 0.3) is 5.91 Å². The van der Waals surface area contributed by atoms with Crippen molar-refractivity contribution in [3.05, 3.63) is 24.0 Å². The Morgan fingerprint density at radius 1 is 1.42 bits per heavy atom. The van der Waals surface area contributed by atoms with Crippen LogP contribution in [0.5, 0.6) is 5.75 Å². The average molecular weight is 266 g/mol. The molecule has 1 atom stereocenters. The van der Waals surface area contributed by atoms with Crippen LogP contribution in [0.1, 0.15) is 31.3 Å². The van der Waals surface area contributed by atoms with Gasteiger partial charge in [-0.3, -0.25) is 4.79 Å². The summed E-state index contributed by atoms with van der Waals surface area (Å²) in [6.45, 7) is 6.07. The molecule has 1 rings (SSSR count). The van der Waals surface area contributed by atoms with Crippen molar-refractivity contribution >= 4 is 11.9 Å². The normalized spacial score (nSPS) is 12.0. The Bertz CT molecular complexity index is 460. The molecule has 0 radical (unpaired) electrons. The summed E-state index contributed by atoms with van der Waals surface area (Å²) in [5.74, 6) is -1.05. The van der Waals surface area contributed by atoms with E-state index in [1.54, 1.807) is 13.0 Å². The van der Waals surface area contributed by atoms with E-state index in [1.807, 2.05) is 13.8 Å². The van der Waals surface area contributed by atoms with Gasteiger partial charge in [-0.2, -0.15) is 0 Å². The Hall–Kier alpha value is -2.11. The summed E-state index contributed by atoms with van der Waals surface area (Å²) < 4.78 is 5.35. The highest BCUT2D eigenvalue weighted by Crippen LogP contribution is 2.16. The minimum absolute atomic E-state index is 0.0854. The number of amides is 1. The van der Waals surface area contributed by atoms with E-state index >= 15 is 0 Å². The summed E-state index contributed by atoms with van der Waals surface area (Å²) in [6, 6.07) is 3.03. The van der Waals surface area contributed by atoms with Gasteiger partial charge in [-0.05, 0) is 25.0 Å². The molecule has 1 amide bonds. The monoisotopic (exact) mass is 266 g/mol. The quantitative estimate of drug-likeness (QED) is 0.810. The van der Waals surface area contributed by atoms with Crippen molar-refractivity contribution in [2.75, 3.05) is 6.54 Å². The largest absolute Gasteiger partial charge is 0.478 e. The third-order valence-corrected chi connectivity index (χ3v) is 2.33. The highest BCUT2D eigenvalue weighted by molar-refractivity contribution is 5.88. The number of nitrogens with zero attached hydrogens (tertiary/aromatic N) is 1. The predicted octanol–water partition coefficient (Wildman–Crippen LogP) is 1.32. The van der Waals surface area contributed by atoms with Crippen LogP contribution in [0.2, 0.25) is 0 Å². The number of hydrogen-bond donors (Lipinski definition) is 2. The smallest absolute Gasteiger partial charge is 0.358 e. The lowest BCUT2D eigenvalue weighted by Gasteiger charge is -2.16. The molecule has 0 fully saturated rings. The van der Waals surface area contributed by atoms with Gasteiger partial charge in [-0.15, -0.1) is 0 Å². The van der Waals surface area contributed by atoms with Crippen LogP contribution in [0.25, 0.3) is 0 Å². The van der Waals surface area contributed by atoms with Gasteiger partial charge in [0.15, 0.2) is 17.5 Å². The first-order valence-electron chi connectivity index (χ1n) is 6.04. The number of carbonyl (C=O) groups excluding carboxylic acids is 1. The van der Waals surface area contributed by atoms with Crippen molar-refractivity contribution in [3.63, 3.8) is 0 Å².